The third-order valence-electron chi connectivity index (χ3n) is 2.85. The van der Waals surface area contributed by atoms with Crippen LogP contribution in [-0.4, -0.2) is 18.5 Å². The Morgan fingerprint density at radius 3 is 2.71 bits per heavy atom. The third kappa shape index (κ3) is 3.27. The normalized spacial score (nSPS) is 13.2. The maximum absolute atomic E-state index is 13.1. The summed E-state index contributed by atoms with van der Waals surface area (Å²) in [4.78, 5) is 12.1. The maximum Gasteiger partial charge on any atom is 0.230 e. The number of amides is 1. The number of halogens is 1. The van der Waals surface area contributed by atoms with Crippen LogP contribution in [0.1, 0.15) is 26.3 Å². The van der Waals surface area contributed by atoms with Crippen LogP contribution in [0, 0.1) is 5.82 Å². The summed E-state index contributed by atoms with van der Waals surface area (Å²) >= 11 is 0. The van der Waals surface area contributed by atoms with Crippen molar-refractivity contribution in [2.45, 2.75) is 32.2 Å². The van der Waals surface area contributed by atoms with E-state index in [1.807, 2.05) is 6.92 Å². The number of hydrogen-bond acceptors (Lipinski definition) is 2. The summed E-state index contributed by atoms with van der Waals surface area (Å²) in [5.74, 6) is -0.490. The Balaban J connectivity index is 2.90. The number of nitrogens with two attached hydrogens (primary N) is 1. The number of rotatable bonds is 4. The van der Waals surface area contributed by atoms with Crippen LogP contribution >= 0.6 is 0 Å². The second kappa shape index (κ2) is 5.27. The highest BCUT2D eigenvalue weighted by molar-refractivity contribution is 5.87. The Morgan fingerprint density at radius 2 is 2.18 bits per heavy atom. The van der Waals surface area contributed by atoms with Crippen molar-refractivity contribution in [2.75, 3.05) is 6.54 Å². The van der Waals surface area contributed by atoms with Crippen molar-refractivity contribution in [2.24, 2.45) is 5.73 Å². The minimum Gasteiger partial charge on any atom is -0.352 e. The average Bonchev–Trinajstić information content (AvgIpc) is 2.28. The maximum atomic E-state index is 13.1. The molecular formula is C13H19FN2O. The zero-order chi connectivity index (χ0) is 13.1. The van der Waals surface area contributed by atoms with E-state index in [0.29, 0.717) is 12.1 Å². The molecule has 0 radical (unpaired) electrons. The monoisotopic (exact) mass is 238 g/mol. The van der Waals surface area contributed by atoms with Gasteiger partial charge in [-0.3, -0.25) is 4.79 Å². The minimum atomic E-state index is -0.772. The lowest BCUT2D eigenvalue weighted by molar-refractivity contribution is -0.126. The lowest BCUT2D eigenvalue weighted by atomic mass is 9.83. The Labute approximate surface area is 101 Å². The van der Waals surface area contributed by atoms with Gasteiger partial charge in [0.15, 0.2) is 0 Å². The van der Waals surface area contributed by atoms with Gasteiger partial charge in [0, 0.05) is 12.6 Å². The molecule has 1 amide bonds. The van der Waals surface area contributed by atoms with Crippen LogP contribution in [0.2, 0.25) is 0 Å². The van der Waals surface area contributed by atoms with Gasteiger partial charge < -0.3 is 11.1 Å². The molecule has 1 aromatic rings. The van der Waals surface area contributed by atoms with Gasteiger partial charge in [0.25, 0.3) is 0 Å². The third-order valence-corrected chi connectivity index (χ3v) is 2.85. The first-order valence-electron chi connectivity index (χ1n) is 5.65. The number of carbonyl (C=O) groups excluding carboxylic acids is 1. The van der Waals surface area contributed by atoms with Crippen LogP contribution < -0.4 is 11.1 Å². The van der Waals surface area contributed by atoms with Gasteiger partial charge in [0.1, 0.15) is 5.82 Å². The smallest absolute Gasteiger partial charge is 0.230 e. The summed E-state index contributed by atoms with van der Waals surface area (Å²) in [6, 6.07) is 6.00. The van der Waals surface area contributed by atoms with E-state index in [2.05, 4.69) is 5.32 Å². The van der Waals surface area contributed by atoms with Crippen molar-refractivity contribution < 1.29 is 9.18 Å². The second-order valence-electron chi connectivity index (χ2n) is 4.75. The molecule has 0 saturated heterocycles. The van der Waals surface area contributed by atoms with Gasteiger partial charge in [0.05, 0.1) is 5.41 Å². The molecule has 0 unspecified atom stereocenters. The standard InChI is InChI=1S/C13H19FN2O/c1-9(8-15)16-12(17)13(2,3)10-5-4-6-11(14)7-10/h4-7,9H,8,15H2,1-3H3,(H,16,17)/t9-/m0/s1. The van der Waals surface area contributed by atoms with Gasteiger partial charge in [-0.05, 0) is 38.5 Å². The van der Waals surface area contributed by atoms with E-state index in [9.17, 15) is 9.18 Å². The van der Waals surface area contributed by atoms with Crippen LogP contribution in [0.4, 0.5) is 4.39 Å². The molecule has 0 fully saturated rings. The molecule has 0 bridgehead atoms. The molecule has 94 valence electrons. The van der Waals surface area contributed by atoms with Crippen molar-refractivity contribution in [1.29, 1.82) is 0 Å². The molecular weight excluding hydrogens is 219 g/mol. The Hall–Kier alpha value is -1.42. The molecule has 1 atom stereocenters. The first-order chi connectivity index (χ1) is 7.87. The van der Waals surface area contributed by atoms with E-state index in [1.165, 1.54) is 12.1 Å². The molecule has 3 nitrogen and oxygen atoms in total. The van der Waals surface area contributed by atoms with Gasteiger partial charge in [0.2, 0.25) is 5.91 Å². The fraction of sp³-hybridized carbons (Fsp3) is 0.462. The highest BCUT2D eigenvalue weighted by Gasteiger charge is 2.30. The molecule has 1 rings (SSSR count). The molecule has 4 heteroatoms. The lowest BCUT2D eigenvalue weighted by Gasteiger charge is -2.26. The SMILES string of the molecule is C[C@@H](CN)NC(=O)C(C)(C)c1cccc(F)c1. The highest BCUT2D eigenvalue weighted by Crippen LogP contribution is 2.24. The highest BCUT2D eigenvalue weighted by atomic mass is 19.1. The van der Waals surface area contributed by atoms with E-state index < -0.39 is 5.41 Å². The molecule has 17 heavy (non-hydrogen) atoms. The van der Waals surface area contributed by atoms with Gasteiger partial charge in [-0.2, -0.15) is 0 Å². The molecule has 0 aliphatic carbocycles. The molecule has 0 aromatic heterocycles. The fourth-order valence-electron chi connectivity index (χ4n) is 1.47. The van der Waals surface area contributed by atoms with E-state index in [-0.39, 0.29) is 17.8 Å². The summed E-state index contributed by atoms with van der Waals surface area (Å²) in [7, 11) is 0. The minimum absolute atomic E-state index is 0.0877. The molecule has 0 aliphatic rings. The zero-order valence-electron chi connectivity index (χ0n) is 10.5. The van der Waals surface area contributed by atoms with Crippen LogP contribution in [0.3, 0.4) is 0 Å². The molecule has 0 aliphatic heterocycles. The van der Waals surface area contributed by atoms with Crippen molar-refractivity contribution in [3.63, 3.8) is 0 Å². The Kier molecular flexibility index (Phi) is 4.23. The summed E-state index contributed by atoms with van der Waals surface area (Å²) < 4.78 is 13.1. The molecule has 3 N–H and O–H groups in total. The van der Waals surface area contributed by atoms with Crippen LogP contribution in [0.15, 0.2) is 24.3 Å². The number of benzene rings is 1. The van der Waals surface area contributed by atoms with Crippen LogP contribution in [0.5, 0.6) is 0 Å². The topological polar surface area (TPSA) is 55.1 Å². The zero-order valence-corrected chi connectivity index (χ0v) is 10.5. The van der Waals surface area contributed by atoms with Gasteiger partial charge in [-0.15, -0.1) is 0 Å². The van der Waals surface area contributed by atoms with E-state index in [0.717, 1.165) is 0 Å². The number of carbonyl (C=O) groups is 1. The van der Waals surface area contributed by atoms with E-state index >= 15 is 0 Å². The van der Waals surface area contributed by atoms with Crippen LogP contribution in [0.25, 0.3) is 0 Å². The summed E-state index contributed by atoms with van der Waals surface area (Å²) in [5, 5.41) is 2.80. The number of nitrogens with one attached hydrogen (secondary N) is 1. The Morgan fingerprint density at radius 1 is 1.53 bits per heavy atom. The van der Waals surface area contributed by atoms with Crippen molar-refractivity contribution >= 4 is 5.91 Å². The molecule has 0 saturated carbocycles. The Bertz CT molecular complexity index is 404. The predicted octanol–water partition coefficient (Wildman–Crippen LogP) is 1.57. The lowest BCUT2D eigenvalue weighted by Crippen LogP contribution is -2.46. The van der Waals surface area contributed by atoms with Crippen molar-refractivity contribution in [1.82, 2.24) is 5.32 Å². The van der Waals surface area contributed by atoms with E-state index in [4.69, 9.17) is 5.73 Å². The second-order valence-corrected chi connectivity index (χ2v) is 4.75. The van der Waals surface area contributed by atoms with Crippen molar-refractivity contribution in [3.05, 3.63) is 35.6 Å². The predicted molar refractivity (Wildman–Crippen MR) is 66.1 cm³/mol. The first-order valence-corrected chi connectivity index (χ1v) is 5.65. The van der Waals surface area contributed by atoms with Gasteiger partial charge >= 0.3 is 0 Å². The summed E-state index contributed by atoms with van der Waals surface area (Å²) in [5.41, 5.74) is 5.33. The van der Waals surface area contributed by atoms with Crippen molar-refractivity contribution in [3.8, 4) is 0 Å². The summed E-state index contributed by atoms with van der Waals surface area (Å²) in [6.45, 7) is 5.74. The molecule has 1 aromatic carbocycles. The largest absolute Gasteiger partial charge is 0.352 e. The number of hydrogen-bond donors (Lipinski definition) is 2. The van der Waals surface area contributed by atoms with E-state index in [1.54, 1.807) is 26.0 Å². The van der Waals surface area contributed by atoms with Gasteiger partial charge in [-0.1, -0.05) is 12.1 Å². The fourth-order valence-corrected chi connectivity index (χ4v) is 1.47. The molecule has 0 spiro atoms. The quantitative estimate of drug-likeness (QED) is 0.836. The molecule has 0 heterocycles. The van der Waals surface area contributed by atoms with Crippen LogP contribution in [-0.2, 0) is 10.2 Å². The van der Waals surface area contributed by atoms with Gasteiger partial charge in [-0.25, -0.2) is 4.39 Å². The first kappa shape index (κ1) is 13.6. The average molecular weight is 238 g/mol. The summed E-state index contributed by atoms with van der Waals surface area (Å²) in [6.07, 6.45) is 0.